The van der Waals surface area contributed by atoms with Gasteiger partial charge in [-0.3, -0.25) is 0 Å². The predicted octanol–water partition coefficient (Wildman–Crippen LogP) is 3.22. The lowest BCUT2D eigenvalue weighted by Gasteiger charge is -2.45. The zero-order chi connectivity index (χ0) is 13.9. The number of halogens is 3. The second kappa shape index (κ2) is 6.22. The second-order valence-corrected chi connectivity index (χ2v) is 6.84. The van der Waals surface area contributed by atoms with Crippen molar-refractivity contribution in [2.45, 2.75) is 49.9 Å². The van der Waals surface area contributed by atoms with Crippen LogP contribution in [0.25, 0.3) is 0 Å². The maximum absolute atomic E-state index is 12.6. The van der Waals surface area contributed by atoms with E-state index < -0.39 is 18.6 Å². The van der Waals surface area contributed by atoms with Crippen LogP contribution in [0.1, 0.15) is 32.1 Å². The summed E-state index contributed by atoms with van der Waals surface area (Å²) in [6.45, 7) is 0.603. The molecule has 0 aromatic heterocycles. The molecule has 0 aromatic carbocycles. The van der Waals surface area contributed by atoms with Crippen molar-refractivity contribution in [3.05, 3.63) is 0 Å². The lowest BCUT2D eigenvalue weighted by molar-refractivity contribution is -0.153. The first-order valence-corrected chi connectivity index (χ1v) is 8.05. The summed E-state index contributed by atoms with van der Waals surface area (Å²) in [5.74, 6) is 2.20. The Morgan fingerprint density at radius 3 is 2.63 bits per heavy atom. The van der Waals surface area contributed by atoms with Crippen molar-refractivity contribution < 1.29 is 17.9 Å². The highest BCUT2D eigenvalue weighted by molar-refractivity contribution is 7.99. The Labute approximate surface area is 116 Å². The minimum Gasteiger partial charge on any atom is -0.375 e. The molecule has 0 aromatic rings. The van der Waals surface area contributed by atoms with Crippen LogP contribution in [-0.4, -0.2) is 43.0 Å². The van der Waals surface area contributed by atoms with Gasteiger partial charge >= 0.3 is 6.18 Å². The van der Waals surface area contributed by atoms with Gasteiger partial charge in [0.05, 0.1) is 12.0 Å². The van der Waals surface area contributed by atoms with Gasteiger partial charge in [0.2, 0.25) is 0 Å². The summed E-state index contributed by atoms with van der Waals surface area (Å²) >= 11 is 1.91. The fourth-order valence-corrected chi connectivity index (χ4v) is 4.49. The van der Waals surface area contributed by atoms with Gasteiger partial charge in [-0.1, -0.05) is 0 Å². The van der Waals surface area contributed by atoms with Crippen molar-refractivity contribution in [3.8, 4) is 0 Å². The summed E-state index contributed by atoms with van der Waals surface area (Å²) in [7, 11) is 1.63. The van der Waals surface area contributed by atoms with Crippen LogP contribution >= 0.6 is 11.8 Å². The van der Waals surface area contributed by atoms with Crippen LogP contribution in [0.5, 0.6) is 0 Å². The molecule has 2 atom stereocenters. The van der Waals surface area contributed by atoms with E-state index in [2.05, 4.69) is 5.32 Å². The fourth-order valence-electron chi connectivity index (χ4n) is 3.25. The molecule has 0 radical (unpaired) electrons. The summed E-state index contributed by atoms with van der Waals surface area (Å²) in [5, 5.41) is 2.87. The van der Waals surface area contributed by atoms with E-state index in [0.29, 0.717) is 6.61 Å². The van der Waals surface area contributed by atoms with E-state index in [-0.39, 0.29) is 11.5 Å². The Hall–Kier alpha value is 0.0600. The van der Waals surface area contributed by atoms with Crippen molar-refractivity contribution in [2.24, 2.45) is 5.92 Å². The molecule has 2 fully saturated rings. The minimum atomic E-state index is -4.10. The van der Waals surface area contributed by atoms with E-state index in [1.807, 2.05) is 11.8 Å². The van der Waals surface area contributed by atoms with E-state index in [9.17, 15) is 13.2 Å². The van der Waals surface area contributed by atoms with Gasteiger partial charge in [-0.25, -0.2) is 0 Å². The number of ether oxygens (including phenoxy) is 1. The molecule has 2 heterocycles. The van der Waals surface area contributed by atoms with Crippen molar-refractivity contribution in [3.63, 3.8) is 0 Å². The molecule has 19 heavy (non-hydrogen) atoms. The molecule has 1 N–H and O–H groups in total. The van der Waals surface area contributed by atoms with Crippen LogP contribution in [0.2, 0.25) is 0 Å². The number of hydrogen-bond acceptors (Lipinski definition) is 3. The van der Waals surface area contributed by atoms with Crippen LogP contribution in [0, 0.1) is 5.92 Å². The zero-order valence-electron chi connectivity index (χ0n) is 11.3. The molecule has 2 saturated heterocycles. The molecule has 0 aliphatic carbocycles. The van der Waals surface area contributed by atoms with Crippen LogP contribution in [0.4, 0.5) is 13.2 Å². The number of alkyl halides is 3. The van der Waals surface area contributed by atoms with Crippen LogP contribution < -0.4 is 5.32 Å². The van der Waals surface area contributed by atoms with Gasteiger partial charge in [0.25, 0.3) is 0 Å². The number of nitrogens with one attached hydrogen (secondary N) is 1. The summed E-state index contributed by atoms with van der Waals surface area (Å²) in [4.78, 5) is 0. The highest BCUT2D eigenvalue weighted by Crippen LogP contribution is 2.41. The molecule has 2 rings (SSSR count). The number of rotatable bonds is 3. The highest BCUT2D eigenvalue weighted by Gasteiger charge is 2.43. The quantitative estimate of drug-likeness (QED) is 0.864. The van der Waals surface area contributed by atoms with Gasteiger partial charge < -0.3 is 10.1 Å². The van der Waals surface area contributed by atoms with Gasteiger partial charge in [-0.15, -0.1) is 0 Å². The molecular formula is C13H22F3NOS. The molecule has 2 aliphatic heterocycles. The molecular weight excluding hydrogens is 275 g/mol. The largest absolute Gasteiger partial charge is 0.390 e. The first kappa shape index (κ1) is 15.4. The summed E-state index contributed by atoms with van der Waals surface area (Å²) in [6.07, 6.45) is -1.36. The zero-order valence-corrected chi connectivity index (χ0v) is 12.1. The third kappa shape index (κ3) is 4.26. The molecule has 2 unspecified atom stereocenters. The third-order valence-electron chi connectivity index (χ3n) is 4.33. The monoisotopic (exact) mass is 297 g/mol. The van der Waals surface area contributed by atoms with Gasteiger partial charge in [0.1, 0.15) is 0 Å². The maximum Gasteiger partial charge on any atom is 0.390 e. The van der Waals surface area contributed by atoms with Crippen molar-refractivity contribution >= 4 is 11.8 Å². The lowest BCUT2D eigenvalue weighted by Crippen LogP contribution is -2.48. The lowest BCUT2D eigenvalue weighted by atomic mass is 9.78. The predicted molar refractivity (Wildman–Crippen MR) is 71.5 cm³/mol. The third-order valence-corrected chi connectivity index (χ3v) is 5.31. The average Bonchev–Trinajstić information content (AvgIpc) is 2.36. The van der Waals surface area contributed by atoms with Crippen molar-refractivity contribution in [2.75, 3.05) is 25.2 Å². The molecule has 6 heteroatoms. The summed E-state index contributed by atoms with van der Waals surface area (Å²) in [5.41, 5.74) is -0.144. The SMILES string of the molecule is CNC(CC(F)(F)F)C1CCOC2(CCSCC2)C1. The van der Waals surface area contributed by atoms with Crippen LogP contribution in [0.15, 0.2) is 0 Å². The first-order valence-electron chi connectivity index (χ1n) is 6.90. The fraction of sp³-hybridized carbons (Fsp3) is 1.00. The van der Waals surface area contributed by atoms with E-state index >= 15 is 0 Å². The van der Waals surface area contributed by atoms with E-state index in [1.165, 1.54) is 0 Å². The highest BCUT2D eigenvalue weighted by atomic mass is 32.2. The summed E-state index contributed by atoms with van der Waals surface area (Å²) < 4.78 is 43.8. The van der Waals surface area contributed by atoms with Gasteiger partial charge in [0.15, 0.2) is 0 Å². The Morgan fingerprint density at radius 1 is 1.37 bits per heavy atom. The van der Waals surface area contributed by atoms with Crippen LogP contribution in [-0.2, 0) is 4.74 Å². The van der Waals surface area contributed by atoms with E-state index in [4.69, 9.17) is 4.74 Å². The van der Waals surface area contributed by atoms with E-state index in [1.54, 1.807) is 7.05 Å². The average molecular weight is 297 g/mol. The molecule has 0 saturated carbocycles. The maximum atomic E-state index is 12.6. The number of thioether (sulfide) groups is 1. The Kier molecular flexibility index (Phi) is 5.06. The standard InChI is InChI=1S/C13H22F3NOS/c1-17-11(9-13(14,15)16)10-2-5-18-12(8-10)3-6-19-7-4-12/h10-11,17H,2-9H2,1H3. The van der Waals surface area contributed by atoms with E-state index in [0.717, 1.165) is 37.2 Å². The molecule has 0 amide bonds. The second-order valence-electron chi connectivity index (χ2n) is 5.61. The van der Waals surface area contributed by atoms with Crippen molar-refractivity contribution in [1.82, 2.24) is 5.32 Å². The van der Waals surface area contributed by atoms with Crippen molar-refractivity contribution in [1.29, 1.82) is 0 Å². The summed E-state index contributed by atoms with van der Waals surface area (Å²) in [6, 6.07) is -0.477. The van der Waals surface area contributed by atoms with Gasteiger partial charge in [0, 0.05) is 12.6 Å². The Morgan fingerprint density at radius 2 is 2.05 bits per heavy atom. The Bertz CT molecular complexity index is 287. The van der Waals surface area contributed by atoms with Crippen LogP contribution in [0.3, 0.4) is 0 Å². The molecule has 2 aliphatic rings. The minimum absolute atomic E-state index is 0.0727. The number of hydrogen-bond donors (Lipinski definition) is 1. The smallest absolute Gasteiger partial charge is 0.375 e. The topological polar surface area (TPSA) is 21.3 Å². The Balaban J connectivity index is 1.98. The molecule has 0 bridgehead atoms. The van der Waals surface area contributed by atoms with Gasteiger partial charge in [-0.2, -0.15) is 24.9 Å². The first-order chi connectivity index (χ1) is 8.94. The molecule has 1 spiro atoms. The molecule has 112 valence electrons. The molecule has 2 nitrogen and oxygen atoms in total. The van der Waals surface area contributed by atoms with Gasteiger partial charge in [-0.05, 0) is 50.2 Å². The normalized spacial score (nSPS) is 29.4.